The smallest absolute Gasteiger partial charge is 0.283 e. The van der Waals surface area contributed by atoms with Gasteiger partial charge in [0.2, 0.25) is 5.89 Å². The van der Waals surface area contributed by atoms with Crippen molar-refractivity contribution in [1.82, 2.24) is 20.4 Å². The predicted molar refractivity (Wildman–Crippen MR) is 112 cm³/mol. The molecule has 0 unspecified atom stereocenters. The maximum absolute atomic E-state index is 5.87. The zero-order chi connectivity index (χ0) is 19.5. The molecule has 2 aromatic carbocycles. The van der Waals surface area contributed by atoms with Gasteiger partial charge in [0.15, 0.2) is 0 Å². The molecule has 4 rings (SSSR count). The Morgan fingerprint density at radius 1 is 0.857 bits per heavy atom. The molecule has 0 spiro atoms. The van der Waals surface area contributed by atoms with E-state index in [4.69, 9.17) is 4.42 Å². The minimum absolute atomic E-state index is 0.450. The minimum atomic E-state index is 0.450. The van der Waals surface area contributed by atoms with Gasteiger partial charge in [0.05, 0.1) is 5.69 Å². The van der Waals surface area contributed by atoms with Gasteiger partial charge < -0.3 is 9.32 Å². The lowest BCUT2D eigenvalue weighted by Gasteiger charge is -2.20. The third-order valence-corrected chi connectivity index (χ3v) is 5.51. The summed E-state index contributed by atoms with van der Waals surface area (Å²) in [6.45, 7) is 8.20. The van der Waals surface area contributed by atoms with Gasteiger partial charge in [-0.05, 0) is 56.8 Å². The summed E-state index contributed by atoms with van der Waals surface area (Å²) in [6, 6.07) is 16.2. The van der Waals surface area contributed by atoms with E-state index in [0.29, 0.717) is 11.1 Å². The van der Waals surface area contributed by atoms with Gasteiger partial charge in [-0.15, -0.1) is 15.3 Å². The van der Waals surface area contributed by atoms with E-state index in [1.165, 1.54) is 17.4 Å². The normalized spacial score (nSPS) is 11.1. The van der Waals surface area contributed by atoms with E-state index in [-0.39, 0.29) is 0 Å². The first-order valence-corrected chi connectivity index (χ1v) is 10.1. The fourth-order valence-corrected chi connectivity index (χ4v) is 3.88. The van der Waals surface area contributed by atoms with Crippen molar-refractivity contribution in [2.24, 2.45) is 0 Å². The molecule has 2 aromatic heterocycles. The molecule has 28 heavy (non-hydrogen) atoms. The van der Waals surface area contributed by atoms with Gasteiger partial charge in [0, 0.05) is 35.1 Å². The molecule has 0 atom stereocenters. The number of hydrogen-bond donors (Lipinski definition) is 0. The molecule has 0 aliphatic carbocycles. The second-order valence-electron chi connectivity index (χ2n) is 6.33. The van der Waals surface area contributed by atoms with Crippen molar-refractivity contribution in [3.63, 3.8) is 0 Å². The minimum Gasteiger partial charge on any atom is -0.411 e. The molecule has 7 heteroatoms. The maximum atomic E-state index is 5.87. The zero-order valence-corrected chi connectivity index (χ0v) is 16.9. The van der Waals surface area contributed by atoms with Crippen LogP contribution in [0.25, 0.3) is 22.2 Å². The molecule has 0 saturated carbocycles. The Hall–Kier alpha value is -2.93. The highest BCUT2D eigenvalue weighted by molar-refractivity contribution is 7.99. The SMILES string of the molecule is CCN(CC)c1ccc(-c2nnc(Sc3nnc(C)c4ccccc34)o2)cc1. The van der Waals surface area contributed by atoms with E-state index in [9.17, 15) is 0 Å². The number of hydrogen-bond acceptors (Lipinski definition) is 7. The molecule has 0 fully saturated rings. The molecule has 0 bridgehead atoms. The highest BCUT2D eigenvalue weighted by Crippen LogP contribution is 2.33. The number of fused-ring (bicyclic) bond motifs is 1. The zero-order valence-electron chi connectivity index (χ0n) is 16.1. The summed E-state index contributed by atoms with van der Waals surface area (Å²) in [4.78, 5) is 2.29. The summed E-state index contributed by atoms with van der Waals surface area (Å²) < 4.78 is 5.87. The Kier molecular flexibility index (Phi) is 5.25. The second kappa shape index (κ2) is 7.98. The van der Waals surface area contributed by atoms with Crippen molar-refractivity contribution >= 4 is 28.2 Å². The fourth-order valence-electron chi connectivity index (χ4n) is 3.14. The van der Waals surface area contributed by atoms with Crippen LogP contribution in [0, 0.1) is 6.92 Å². The molecule has 4 aromatic rings. The summed E-state index contributed by atoms with van der Waals surface area (Å²) >= 11 is 1.33. The monoisotopic (exact) mass is 391 g/mol. The summed E-state index contributed by atoms with van der Waals surface area (Å²) in [5.74, 6) is 0.498. The van der Waals surface area contributed by atoms with Crippen LogP contribution in [0.2, 0.25) is 0 Å². The van der Waals surface area contributed by atoms with Gasteiger partial charge in [-0.25, -0.2) is 0 Å². The van der Waals surface area contributed by atoms with Crippen LogP contribution in [0.3, 0.4) is 0 Å². The molecule has 0 saturated heterocycles. The van der Waals surface area contributed by atoms with Crippen LogP contribution in [-0.4, -0.2) is 33.5 Å². The van der Waals surface area contributed by atoms with Gasteiger partial charge in [-0.1, -0.05) is 24.3 Å². The van der Waals surface area contributed by atoms with Gasteiger partial charge in [0.1, 0.15) is 5.03 Å². The molecule has 2 heterocycles. The fraction of sp³-hybridized carbons (Fsp3) is 0.238. The molecule has 0 aliphatic rings. The van der Waals surface area contributed by atoms with Crippen LogP contribution in [0.5, 0.6) is 0 Å². The summed E-state index contributed by atoms with van der Waals surface area (Å²) in [7, 11) is 0. The van der Waals surface area contributed by atoms with E-state index in [1.54, 1.807) is 0 Å². The Bertz CT molecular complexity index is 1090. The number of aryl methyl sites for hydroxylation is 1. The average molecular weight is 392 g/mol. The third-order valence-electron chi connectivity index (χ3n) is 4.67. The molecular formula is C21H21N5OS. The Morgan fingerprint density at radius 3 is 2.29 bits per heavy atom. The van der Waals surface area contributed by atoms with Crippen molar-refractivity contribution in [1.29, 1.82) is 0 Å². The number of benzene rings is 2. The van der Waals surface area contributed by atoms with Crippen LogP contribution >= 0.6 is 11.8 Å². The first-order chi connectivity index (χ1) is 13.7. The van der Waals surface area contributed by atoms with Gasteiger partial charge in [-0.2, -0.15) is 5.10 Å². The summed E-state index contributed by atoms with van der Waals surface area (Å²) in [6.07, 6.45) is 0. The van der Waals surface area contributed by atoms with E-state index < -0.39 is 0 Å². The molecule has 0 N–H and O–H groups in total. The molecule has 6 nitrogen and oxygen atoms in total. The molecule has 0 aliphatic heterocycles. The highest BCUT2D eigenvalue weighted by atomic mass is 32.2. The first kappa shape index (κ1) is 18.4. The van der Waals surface area contributed by atoms with Crippen LogP contribution in [0.15, 0.2) is 63.2 Å². The van der Waals surface area contributed by atoms with E-state index in [0.717, 1.165) is 40.1 Å². The van der Waals surface area contributed by atoms with E-state index >= 15 is 0 Å². The Morgan fingerprint density at radius 2 is 1.57 bits per heavy atom. The first-order valence-electron chi connectivity index (χ1n) is 9.28. The number of nitrogens with zero attached hydrogens (tertiary/aromatic N) is 5. The van der Waals surface area contributed by atoms with Crippen LogP contribution in [0.4, 0.5) is 5.69 Å². The van der Waals surface area contributed by atoms with Crippen LogP contribution < -0.4 is 4.90 Å². The average Bonchev–Trinajstić information content (AvgIpc) is 3.20. The Balaban J connectivity index is 1.58. The summed E-state index contributed by atoms with van der Waals surface area (Å²) in [5.41, 5.74) is 2.99. The number of anilines is 1. The van der Waals surface area contributed by atoms with Crippen molar-refractivity contribution < 1.29 is 4.42 Å². The standard InChI is InChI=1S/C21H21N5OS/c1-4-26(5-2)16-12-10-15(11-13-16)19-23-25-21(27-19)28-20-18-9-7-6-8-17(18)14(3)22-24-20/h6-13H,4-5H2,1-3H3. The summed E-state index contributed by atoms with van der Waals surface area (Å²) in [5, 5.41) is 20.2. The predicted octanol–water partition coefficient (Wildman–Crippen LogP) is 4.99. The number of rotatable bonds is 6. The molecule has 0 amide bonds. The quantitative estimate of drug-likeness (QED) is 0.459. The second-order valence-corrected chi connectivity index (χ2v) is 7.27. The van der Waals surface area contributed by atoms with E-state index in [1.807, 2.05) is 43.3 Å². The highest BCUT2D eigenvalue weighted by Gasteiger charge is 2.14. The molecule has 142 valence electrons. The van der Waals surface area contributed by atoms with Crippen molar-refractivity contribution in [3.8, 4) is 11.5 Å². The maximum Gasteiger partial charge on any atom is 0.283 e. The molecule has 0 radical (unpaired) electrons. The Labute approximate surface area is 168 Å². The van der Waals surface area contributed by atoms with Gasteiger partial charge in [-0.3, -0.25) is 0 Å². The number of aromatic nitrogens is 4. The van der Waals surface area contributed by atoms with Gasteiger partial charge >= 0.3 is 0 Å². The lowest BCUT2D eigenvalue weighted by atomic mass is 10.1. The largest absolute Gasteiger partial charge is 0.411 e. The van der Waals surface area contributed by atoms with Crippen molar-refractivity contribution in [2.75, 3.05) is 18.0 Å². The van der Waals surface area contributed by atoms with Crippen molar-refractivity contribution in [2.45, 2.75) is 31.0 Å². The third kappa shape index (κ3) is 3.57. The lowest BCUT2D eigenvalue weighted by molar-refractivity contribution is 0.465. The molecular weight excluding hydrogens is 370 g/mol. The lowest BCUT2D eigenvalue weighted by Crippen LogP contribution is -2.21. The van der Waals surface area contributed by atoms with Gasteiger partial charge in [0.25, 0.3) is 5.22 Å². The van der Waals surface area contributed by atoms with Crippen LogP contribution in [0.1, 0.15) is 19.5 Å². The van der Waals surface area contributed by atoms with E-state index in [2.05, 4.69) is 51.3 Å². The topological polar surface area (TPSA) is 67.9 Å². The van der Waals surface area contributed by atoms with Crippen molar-refractivity contribution in [3.05, 3.63) is 54.2 Å². The van der Waals surface area contributed by atoms with Crippen LogP contribution in [-0.2, 0) is 0 Å².